The molecular formula is C10H15Cl2NO2. The van der Waals surface area contributed by atoms with Crippen LogP contribution in [0.2, 0.25) is 5.02 Å². The van der Waals surface area contributed by atoms with E-state index in [-0.39, 0.29) is 19.0 Å². The number of hydrogen-bond donors (Lipinski definition) is 2. The van der Waals surface area contributed by atoms with Gasteiger partial charge in [0.05, 0.1) is 13.7 Å². The van der Waals surface area contributed by atoms with Gasteiger partial charge in [0.25, 0.3) is 0 Å². The van der Waals surface area contributed by atoms with Crippen LogP contribution in [0.3, 0.4) is 0 Å². The molecule has 1 rings (SSSR count). The highest BCUT2D eigenvalue weighted by atomic mass is 35.5. The van der Waals surface area contributed by atoms with Crippen LogP contribution in [-0.2, 0) is 6.54 Å². The van der Waals surface area contributed by atoms with Crippen LogP contribution < -0.4 is 10.1 Å². The Balaban J connectivity index is 0.00000196. The van der Waals surface area contributed by atoms with Gasteiger partial charge < -0.3 is 15.2 Å². The summed E-state index contributed by atoms with van der Waals surface area (Å²) in [4.78, 5) is 0. The minimum atomic E-state index is 0. The fourth-order valence-corrected chi connectivity index (χ4v) is 1.38. The van der Waals surface area contributed by atoms with Crippen LogP contribution >= 0.6 is 24.0 Å². The van der Waals surface area contributed by atoms with E-state index in [9.17, 15) is 0 Å². The van der Waals surface area contributed by atoms with Gasteiger partial charge in [0.15, 0.2) is 0 Å². The molecule has 0 aliphatic heterocycles. The first-order valence-corrected chi connectivity index (χ1v) is 4.79. The Bertz CT molecular complexity index is 295. The molecule has 86 valence electrons. The lowest BCUT2D eigenvalue weighted by molar-refractivity contribution is 0.291. The Hall–Kier alpha value is -0.480. The van der Waals surface area contributed by atoms with E-state index in [2.05, 4.69) is 5.32 Å². The molecule has 0 aromatic heterocycles. The molecule has 1 aromatic rings. The van der Waals surface area contributed by atoms with Crippen molar-refractivity contribution in [3.05, 3.63) is 28.8 Å². The van der Waals surface area contributed by atoms with Crippen molar-refractivity contribution in [1.82, 2.24) is 5.32 Å². The molecule has 0 unspecified atom stereocenters. The van der Waals surface area contributed by atoms with Gasteiger partial charge in [-0.15, -0.1) is 12.4 Å². The predicted molar refractivity (Wildman–Crippen MR) is 64.0 cm³/mol. The number of aliphatic hydroxyl groups excluding tert-OH is 1. The number of hydrogen-bond acceptors (Lipinski definition) is 3. The lowest BCUT2D eigenvalue weighted by Crippen LogP contribution is -2.17. The smallest absolute Gasteiger partial charge is 0.123 e. The van der Waals surface area contributed by atoms with Crippen LogP contribution in [0.5, 0.6) is 5.75 Å². The van der Waals surface area contributed by atoms with Crippen LogP contribution in [-0.4, -0.2) is 25.4 Å². The van der Waals surface area contributed by atoms with Gasteiger partial charge in [-0.3, -0.25) is 0 Å². The van der Waals surface area contributed by atoms with E-state index < -0.39 is 0 Å². The summed E-state index contributed by atoms with van der Waals surface area (Å²) >= 11 is 5.85. The standard InChI is InChI=1S/C10H14ClNO2.ClH/c1-14-10-3-2-9(11)6-8(10)7-12-4-5-13;/h2-3,6,12-13H,4-5,7H2,1H3;1H. The van der Waals surface area contributed by atoms with Gasteiger partial charge in [-0.1, -0.05) is 11.6 Å². The molecule has 0 saturated carbocycles. The maximum atomic E-state index is 8.61. The molecule has 0 spiro atoms. The molecule has 1 aromatic carbocycles. The van der Waals surface area contributed by atoms with E-state index in [4.69, 9.17) is 21.4 Å². The molecule has 2 N–H and O–H groups in total. The zero-order valence-corrected chi connectivity index (χ0v) is 10.1. The fraction of sp³-hybridized carbons (Fsp3) is 0.400. The van der Waals surface area contributed by atoms with Gasteiger partial charge >= 0.3 is 0 Å². The number of methoxy groups -OCH3 is 1. The minimum Gasteiger partial charge on any atom is -0.496 e. The molecular weight excluding hydrogens is 237 g/mol. The number of benzene rings is 1. The van der Waals surface area contributed by atoms with Crippen molar-refractivity contribution in [3.63, 3.8) is 0 Å². The van der Waals surface area contributed by atoms with Crippen molar-refractivity contribution in [2.45, 2.75) is 6.54 Å². The molecule has 0 saturated heterocycles. The zero-order chi connectivity index (χ0) is 10.4. The van der Waals surface area contributed by atoms with Crippen molar-refractivity contribution >= 4 is 24.0 Å². The molecule has 3 nitrogen and oxygen atoms in total. The van der Waals surface area contributed by atoms with Crippen LogP contribution in [0.4, 0.5) is 0 Å². The summed E-state index contributed by atoms with van der Waals surface area (Å²) in [5.41, 5.74) is 0.994. The van der Waals surface area contributed by atoms with Crippen LogP contribution in [0, 0.1) is 0 Å². The maximum Gasteiger partial charge on any atom is 0.123 e. The fourth-order valence-electron chi connectivity index (χ4n) is 1.19. The summed E-state index contributed by atoms with van der Waals surface area (Å²) in [7, 11) is 1.62. The van der Waals surface area contributed by atoms with Gasteiger partial charge in [0, 0.05) is 23.7 Å². The second-order valence-corrected chi connectivity index (χ2v) is 3.29. The van der Waals surface area contributed by atoms with Gasteiger partial charge in [-0.2, -0.15) is 0 Å². The molecule has 15 heavy (non-hydrogen) atoms. The average Bonchev–Trinajstić information content (AvgIpc) is 2.19. The Labute approximate surface area is 101 Å². The Morgan fingerprint density at radius 3 is 2.80 bits per heavy atom. The van der Waals surface area contributed by atoms with Gasteiger partial charge in [0.2, 0.25) is 0 Å². The van der Waals surface area contributed by atoms with Crippen molar-refractivity contribution in [1.29, 1.82) is 0 Å². The van der Waals surface area contributed by atoms with Gasteiger partial charge in [-0.25, -0.2) is 0 Å². The first-order valence-electron chi connectivity index (χ1n) is 4.42. The van der Waals surface area contributed by atoms with E-state index in [1.165, 1.54) is 0 Å². The van der Waals surface area contributed by atoms with Crippen molar-refractivity contribution in [2.24, 2.45) is 0 Å². The second kappa shape index (κ2) is 7.77. The lowest BCUT2D eigenvalue weighted by atomic mass is 10.2. The third-order valence-electron chi connectivity index (χ3n) is 1.85. The monoisotopic (exact) mass is 251 g/mol. The van der Waals surface area contributed by atoms with Gasteiger partial charge in [-0.05, 0) is 18.2 Å². The molecule has 0 atom stereocenters. The van der Waals surface area contributed by atoms with Crippen molar-refractivity contribution in [2.75, 3.05) is 20.3 Å². The van der Waals surface area contributed by atoms with Gasteiger partial charge in [0.1, 0.15) is 5.75 Å². The quantitative estimate of drug-likeness (QED) is 0.786. The number of ether oxygens (including phenoxy) is 1. The summed E-state index contributed by atoms with van der Waals surface area (Å²) in [6.45, 7) is 1.34. The summed E-state index contributed by atoms with van der Waals surface area (Å²) in [6, 6.07) is 5.47. The SMILES string of the molecule is COc1ccc(Cl)cc1CNCCO.Cl. The van der Waals surface area contributed by atoms with E-state index >= 15 is 0 Å². The first-order chi connectivity index (χ1) is 6.77. The van der Waals surface area contributed by atoms with E-state index in [1.807, 2.05) is 12.1 Å². The van der Waals surface area contributed by atoms with Crippen molar-refractivity contribution < 1.29 is 9.84 Å². The lowest BCUT2D eigenvalue weighted by Gasteiger charge is -2.09. The third kappa shape index (κ3) is 4.71. The normalized spacial score (nSPS) is 9.53. The molecule has 0 aliphatic carbocycles. The molecule has 0 bridgehead atoms. The number of halogens is 2. The predicted octanol–water partition coefficient (Wildman–Crippen LogP) is 1.85. The number of aliphatic hydroxyl groups is 1. The van der Waals surface area contributed by atoms with Crippen molar-refractivity contribution in [3.8, 4) is 5.75 Å². The molecule has 0 amide bonds. The van der Waals surface area contributed by atoms with Crippen LogP contribution in [0.15, 0.2) is 18.2 Å². The first kappa shape index (κ1) is 14.5. The molecule has 0 aliphatic rings. The summed E-state index contributed by atoms with van der Waals surface area (Å²) in [6.07, 6.45) is 0. The Morgan fingerprint density at radius 2 is 2.20 bits per heavy atom. The Kier molecular flexibility index (Phi) is 7.52. The van der Waals surface area contributed by atoms with Crippen LogP contribution in [0.25, 0.3) is 0 Å². The summed E-state index contributed by atoms with van der Waals surface area (Å²) in [5, 5.41) is 12.4. The molecule has 5 heteroatoms. The molecule has 0 heterocycles. The molecule has 0 fully saturated rings. The zero-order valence-electron chi connectivity index (χ0n) is 8.50. The topological polar surface area (TPSA) is 41.5 Å². The maximum absolute atomic E-state index is 8.61. The Morgan fingerprint density at radius 1 is 1.47 bits per heavy atom. The summed E-state index contributed by atoms with van der Waals surface area (Å²) < 4.78 is 5.17. The summed E-state index contributed by atoms with van der Waals surface area (Å²) in [5.74, 6) is 0.805. The van der Waals surface area contributed by atoms with E-state index in [1.54, 1.807) is 13.2 Å². The highest BCUT2D eigenvalue weighted by molar-refractivity contribution is 6.30. The van der Waals surface area contributed by atoms with E-state index in [0.29, 0.717) is 18.1 Å². The minimum absolute atomic E-state index is 0. The highest BCUT2D eigenvalue weighted by Crippen LogP contribution is 2.22. The number of nitrogens with one attached hydrogen (secondary N) is 1. The van der Waals surface area contributed by atoms with E-state index in [0.717, 1.165) is 11.3 Å². The largest absolute Gasteiger partial charge is 0.496 e. The third-order valence-corrected chi connectivity index (χ3v) is 2.08. The second-order valence-electron chi connectivity index (χ2n) is 2.86. The highest BCUT2D eigenvalue weighted by Gasteiger charge is 2.02. The van der Waals surface area contributed by atoms with Crippen LogP contribution in [0.1, 0.15) is 5.56 Å². The number of rotatable bonds is 5. The average molecular weight is 252 g/mol. The molecule has 0 radical (unpaired) electrons.